The average Bonchev–Trinajstić information content (AvgIpc) is 2.04. The number of pyridine rings is 1. The molecule has 0 amide bonds. The number of aliphatic imine (C=N–C) groups is 1. The summed E-state index contributed by atoms with van der Waals surface area (Å²) in [6.07, 6.45) is 3.64. The van der Waals surface area contributed by atoms with E-state index in [4.69, 9.17) is 0 Å². The Morgan fingerprint density at radius 2 is 2.45 bits per heavy atom. The van der Waals surface area contributed by atoms with Crippen molar-refractivity contribution in [3.63, 3.8) is 0 Å². The molecule has 1 aromatic rings. The normalized spacial score (nSPS) is 20.6. The first-order chi connectivity index (χ1) is 5.36. The standard InChI is InChI=1S/C8H9N3/c1-6-5-10-7-3-2-4-9-8(7)11-6/h2-6H,1H3,(H,9,11). The minimum atomic E-state index is 0.289. The quantitative estimate of drug-likeness (QED) is 0.605. The fraction of sp³-hybridized carbons (Fsp3) is 0.250. The number of hydrogen-bond acceptors (Lipinski definition) is 3. The molecule has 0 saturated heterocycles. The van der Waals surface area contributed by atoms with E-state index in [2.05, 4.69) is 15.3 Å². The van der Waals surface area contributed by atoms with Crippen LogP contribution in [-0.2, 0) is 0 Å². The van der Waals surface area contributed by atoms with Gasteiger partial charge in [-0.15, -0.1) is 0 Å². The van der Waals surface area contributed by atoms with Gasteiger partial charge in [-0.1, -0.05) is 0 Å². The van der Waals surface area contributed by atoms with Crippen LogP contribution in [0.25, 0.3) is 0 Å². The van der Waals surface area contributed by atoms with Crippen molar-refractivity contribution < 1.29 is 0 Å². The molecule has 0 aliphatic carbocycles. The lowest BCUT2D eigenvalue weighted by Crippen LogP contribution is -2.19. The van der Waals surface area contributed by atoms with Crippen LogP contribution in [0.4, 0.5) is 11.5 Å². The fourth-order valence-corrected chi connectivity index (χ4v) is 1.06. The molecule has 11 heavy (non-hydrogen) atoms. The van der Waals surface area contributed by atoms with Crippen LogP contribution < -0.4 is 5.32 Å². The lowest BCUT2D eigenvalue weighted by Gasteiger charge is -2.15. The zero-order valence-corrected chi connectivity index (χ0v) is 6.28. The predicted molar refractivity (Wildman–Crippen MR) is 45.5 cm³/mol. The van der Waals surface area contributed by atoms with Gasteiger partial charge in [0.1, 0.15) is 5.69 Å². The van der Waals surface area contributed by atoms with Crippen LogP contribution in [0.3, 0.4) is 0 Å². The molecule has 0 saturated carbocycles. The van der Waals surface area contributed by atoms with E-state index >= 15 is 0 Å². The van der Waals surface area contributed by atoms with Crippen molar-refractivity contribution in [2.75, 3.05) is 5.32 Å². The summed E-state index contributed by atoms with van der Waals surface area (Å²) in [4.78, 5) is 8.37. The SMILES string of the molecule is CC1C=Nc2cccnc2N1. The van der Waals surface area contributed by atoms with Gasteiger partial charge >= 0.3 is 0 Å². The topological polar surface area (TPSA) is 37.3 Å². The molecule has 1 N–H and O–H groups in total. The second-order valence-electron chi connectivity index (χ2n) is 2.58. The van der Waals surface area contributed by atoms with Gasteiger partial charge in [-0.05, 0) is 19.1 Å². The Bertz CT molecular complexity index is 293. The van der Waals surface area contributed by atoms with Gasteiger partial charge in [0, 0.05) is 12.4 Å². The van der Waals surface area contributed by atoms with Crippen LogP contribution in [0.2, 0.25) is 0 Å². The highest BCUT2D eigenvalue weighted by Crippen LogP contribution is 2.24. The van der Waals surface area contributed by atoms with E-state index < -0.39 is 0 Å². The van der Waals surface area contributed by atoms with E-state index in [1.54, 1.807) is 6.20 Å². The Labute approximate surface area is 65.2 Å². The van der Waals surface area contributed by atoms with Crippen LogP contribution in [0.1, 0.15) is 6.92 Å². The molecule has 1 atom stereocenters. The van der Waals surface area contributed by atoms with E-state index in [9.17, 15) is 0 Å². The molecule has 0 bridgehead atoms. The van der Waals surface area contributed by atoms with Crippen molar-refractivity contribution >= 4 is 17.7 Å². The van der Waals surface area contributed by atoms with Crippen molar-refractivity contribution in [1.82, 2.24) is 4.98 Å². The Hall–Kier alpha value is -1.38. The molecule has 1 aliphatic rings. The second-order valence-corrected chi connectivity index (χ2v) is 2.58. The van der Waals surface area contributed by atoms with E-state index in [1.165, 1.54) is 0 Å². The highest BCUT2D eigenvalue weighted by Gasteiger charge is 2.08. The molecular formula is C8H9N3. The van der Waals surface area contributed by atoms with Crippen molar-refractivity contribution in [1.29, 1.82) is 0 Å². The van der Waals surface area contributed by atoms with Crippen molar-refractivity contribution in [2.24, 2.45) is 4.99 Å². The lowest BCUT2D eigenvalue weighted by molar-refractivity contribution is 1.03. The van der Waals surface area contributed by atoms with Crippen molar-refractivity contribution in [3.05, 3.63) is 18.3 Å². The number of nitrogens with zero attached hydrogens (tertiary/aromatic N) is 2. The maximum absolute atomic E-state index is 4.22. The molecular weight excluding hydrogens is 138 g/mol. The zero-order valence-electron chi connectivity index (χ0n) is 6.28. The summed E-state index contributed by atoms with van der Waals surface area (Å²) in [6, 6.07) is 4.11. The van der Waals surface area contributed by atoms with Gasteiger partial charge in [-0.25, -0.2) is 4.98 Å². The molecule has 0 spiro atoms. The number of fused-ring (bicyclic) bond motifs is 1. The number of nitrogens with one attached hydrogen (secondary N) is 1. The van der Waals surface area contributed by atoms with Gasteiger partial charge < -0.3 is 5.32 Å². The van der Waals surface area contributed by atoms with E-state index in [0.717, 1.165) is 11.5 Å². The highest BCUT2D eigenvalue weighted by atomic mass is 15.1. The highest BCUT2D eigenvalue weighted by molar-refractivity contribution is 5.80. The third-order valence-electron chi connectivity index (χ3n) is 1.59. The third kappa shape index (κ3) is 1.09. The molecule has 2 heterocycles. The van der Waals surface area contributed by atoms with Gasteiger partial charge in [-0.3, -0.25) is 4.99 Å². The maximum Gasteiger partial charge on any atom is 0.152 e. The van der Waals surface area contributed by atoms with E-state index in [-0.39, 0.29) is 6.04 Å². The van der Waals surface area contributed by atoms with Gasteiger partial charge in [0.25, 0.3) is 0 Å². The summed E-state index contributed by atoms with van der Waals surface area (Å²) >= 11 is 0. The van der Waals surface area contributed by atoms with Crippen LogP contribution in [0, 0.1) is 0 Å². The second kappa shape index (κ2) is 2.34. The predicted octanol–water partition coefficient (Wildman–Crippen LogP) is 1.60. The molecule has 2 rings (SSSR count). The summed E-state index contributed by atoms with van der Waals surface area (Å²) in [5, 5.41) is 3.20. The molecule has 56 valence electrons. The number of aromatic nitrogens is 1. The van der Waals surface area contributed by atoms with E-state index in [1.807, 2.05) is 25.3 Å². The summed E-state index contributed by atoms with van der Waals surface area (Å²) in [6.45, 7) is 2.04. The molecule has 0 radical (unpaired) electrons. The Kier molecular flexibility index (Phi) is 1.35. The first kappa shape index (κ1) is 6.34. The Morgan fingerprint density at radius 3 is 3.36 bits per heavy atom. The summed E-state index contributed by atoms with van der Waals surface area (Å²) in [5.74, 6) is 0.877. The molecule has 1 unspecified atom stereocenters. The number of anilines is 1. The largest absolute Gasteiger partial charge is 0.361 e. The van der Waals surface area contributed by atoms with Crippen LogP contribution in [-0.4, -0.2) is 17.2 Å². The van der Waals surface area contributed by atoms with E-state index in [0.29, 0.717) is 0 Å². The van der Waals surface area contributed by atoms with Crippen LogP contribution in [0.5, 0.6) is 0 Å². The Balaban J connectivity index is 2.46. The maximum atomic E-state index is 4.22. The number of rotatable bonds is 0. The fourth-order valence-electron chi connectivity index (χ4n) is 1.06. The Morgan fingerprint density at radius 1 is 1.55 bits per heavy atom. The molecule has 3 heteroatoms. The van der Waals surface area contributed by atoms with Gasteiger partial charge in [0.15, 0.2) is 5.82 Å². The monoisotopic (exact) mass is 147 g/mol. The summed E-state index contributed by atoms with van der Waals surface area (Å²) < 4.78 is 0. The average molecular weight is 147 g/mol. The number of hydrogen-bond donors (Lipinski definition) is 1. The smallest absolute Gasteiger partial charge is 0.152 e. The third-order valence-corrected chi connectivity index (χ3v) is 1.59. The first-order valence-electron chi connectivity index (χ1n) is 3.62. The van der Waals surface area contributed by atoms with Gasteiger partial charge in [-0.2, -0.15) is 0 Å². The van der Waals surface area contributed by atoms with Crippen LogP contribution in [0.15, 0.2) is 23.3 Å². The van der Waals surface area contributed by atoms with Gasteiger partial charge in [0.05, 0.1) is 6.04 Å². The minimum Gasteiger partial charge on any atom is -0.361 e. The lowest BCUT2D eigenvalue weighted by atomic mass is 10.3. The van der Waals surface area contributed by atoms with Gasteiger partial charge in [0.2, 0.25) is 0 Å². The van der Waals surface area contributed by atoms with Crippen molar-refractivity contribution in [2.45, 2.75) is 13.0 Å². The molecule has 0 aromatic carbocycles. The zero-order chi connectivity index (χ0) is 7.68. The summed E-state index contributed by atoms with van der Waals surface area (Å²) in [7, 11) is 0. The summed E-state index contributed by atoms with van der Waals surface area (Å²) in [5.41, 5.74) is 0.922. The molecule has 1 aromatic heterocycles. The molecule has 0 fully saturated rings. The minimum absolute atomic E-state index is 0.289. The first-order valence-corrected chi connectivity index (χ1v) is 3.62. The molecule has 3 nitrogen and oxygen atoms in total. The van der Waals surface area contributed by atoms with Crippen molar-refractivity contribution in [3.8, 4) is 0 Å². The molecule has 1 aliphatic heterocycles. The van der Waals surface area contributed by atoms with Crippen LogP contribution >= 0.6 is 0 Å².